The lowest BCUT2D eigenvalue weighted by Crippen LogP contribution is -2.52. The molecule has 3 heterocycles. The molecule has 0 radical (unpaired) electrons. The quantitative estimate of drug-likeness (QED) is 0.413. The number of rotatable bonds is 9. The Morgan fingerprint density at radius 1 is 1.05 bits per heavy atom. The van der Waals surface area contributed by atoms with Crippen LogP contribution in [0, 0.1) is 0 Å². The van der Waals surface area contributed by atoms with Crippen molar-refractivity contribution in [3.05, 3.63) is 99.3 Å². The maximum Gasteiger partial charge on any atom is 0.279 e. The molecular formula is C29H28Cl2N4O5. The summed E-state index contributed by atoms with van der Waals surface area (Å²) >= 11 is 12.3. The zero-order valence-corrected chi connectivity index (χ0v) is 23.3. The van der Waals surface area contributed by atoms with Crippen molar-refractivity contribution in [1.29, 1.82) is 0 Å². The highest BCUT2D eigenvalue weighted by Gasteiger charge is 2.52. The van der Waals surface area contributed by atoms with E-state index in [-0.39, 0.29) is 25.4 Å². The molecule has 2 aliphatic heterocycles. The minimum Gasteiger partial charge on any atom is -0.383 e. The van der Waals surface area contributed by atoms with Gasteiger partial charge in [0.25, 0.3) is 5.91 Å². The Morgan fingerprint density at radius 3 is 2.48 bits per heavy atom. The van der Waals surface area contributed by atoms with Crippen LogP contribution in [0.2, 0.25) is 10.0 Å². The minimum absolute atomic E-state index is 0.139. The largest absolute Gasteiger partial charge is 0.383 e. The van der Waals surface area contributed by atoms with E-state index in [1.807, 2.05) is 24.1 Å². The van der Waals surface area contributed by atoms with Gasteiger partial charge < -0.3 is 10.0 Å². The van der Waals surface area contributed by atoms with E-state index >= 15 is 0 Å². The van der Waals surface area contributed by atoms with Gasteiger partial charge in [-0.2, -0.15) is 0 Å². The van der Waals surface area contributed by atoms with Crippen LogP contribution in [0.1, 0.15) is 27.2 Å². The van der Waals surface area contributed by atoms with Crippen molar-refractivity contribution >= 4 is 40.8 Å². The molecule has 0 aliphatic carbocycles. The van der Waals surface area contributed by atoms with Crippen molar-refractivity contribution in [1.82, 2.24) is 19.8 Å². The topological polar surface area (TPSA) is 103 Å². The lowest BCUT2D eigenvalue weighted by molar-refractivity contribution is -0.180. The van der Waals surface area contributed by atoms with Gasteiger partial charge in [0.1, 0.15) is 18.2 Å². The van der Waals surface area contributed by atoms with E-state index < -0.39 is 29.9 Å². The number of fused-ring (bicyclic) bond motifs is 1. The molecule has 0 saturated carbocycles. The number of piperazine rings is 1. The fourth-order valence-electron chi connectivity index (χ4n) is 5.19. The molecule has 1 fully saturated rings. The van der Waals surface area contributed by atoms with Crippen LogP contribution in [0.3, 0.4) is 0 Å². The molecule has 9 nitrogen and oxygen atoms in total. The highest BCUT2D eigenvalue weighted by molar-refractivity contribution is 6.30. The molecule has 1 unspecified atom stereocenters. The number of amides is 2. The van der Waals surface area contributed by atoms with Gasteiger partial charge in [0.2, 0.25) is 5.91 Å². The van der Waals surface area contributed by atoms with E-state index in [9.17, 15) is 19.5 Å². The third kappa shape index (κ3) is 5.48. The number of hydroxylamine groups is 2. The monoisotopic (exact) mass is 582 g/mol. The second kappa shape index (κ2) is 11.6. The molecule has 1 saturated heterocycles. The summed E-state index contributed by atoms with van der Waals surface area (Å²) in [6.45, 7) is 0.562. The van der Waals surface area contributed by atoms with Crippen molar-refractivity contribution < 1.29 is 24.3 Å². The summed E-state index contributed by atoms with van der Waals surface area (Å²) in [6, 6.07) is 17.7. The van der Waals surface area contributed by atoms with Gasteiger partial charge in [-0.1, -0.05) is 53.5 Å². The van der Waals surface area contributed by atoms with E-state index in [1.54, 1.807) is 48.5 Å². The fourth-order valence-corrected chi connectivity index (χ4v) is 5.42. The number of hydrogen-bond acceptors (Lipinski definition) is 7. The van der Waals surface area contributed by atoms with Crippen LogP contribution in [0.4, 0.5) is 0 Å². The highest BCUT2D eigenvalue weighted by atomic mass is 35.5. The van der Waals surface area contributed by atoms with E-state index in [0.29, 0.717) is 45.5 Å². The van der Waals surface area contributed by atoms with Gasteiger partial charge in [-0.3, -0.25) is 29.1 Å². The first-order valence-electron chi connectivity index (χ1n) is 12.8. The van der Waals surface area contributed by atoms with Crippen LogP contribution in [0.15, 0.2) is 66.9 Å². The molecule has 208 valence electrons. The van der Waals surface area contributed by atoms with Crippen LogP contribution in [0.5, 0.6) is 0 Å². The lowest BCUT2D eigenvalue weighted by Gasteiger charge is -2.38. The molecule has 3 aromatic rings. The smallest absolute Gasteiger partial charge is 0.279 e. The number of ketones is 1. The number of aromatic nitrogens is 1. The Morgan fingerprint density at radius 2 is 1.77 bits per heavy atom. The zero-order chi connectivity index (χ0) is 28.4. The normalized spacial score (nSPS) is 20.1. The number of benzene rings is 2. The van der Waals surface area contributed by atoms with Crippen LogP contribution in [-0.4, -0.2) is 88.5 Å². The number of aliphatic hydroxyl groups is 1. The number of carbonyl (C=O) groups excluding carboxylic acids is 3. The first-order valence-corrected chi connectivity index (χ1v) is 13.5. The zero-order valence-electron chi connectivity index (χ0n) is 21.8. The van der Waals surface area contributed by atoms with Gasteiger partial charge >= 0.3 is 0 Å². The second-order valence-corrected chi connectivity index (χ2v) is 10.9. The third-order valence-electron chi connectivity index (χ3n) is 7.29. The number of pyridine rings is 1. The number of β-amino-alcohol motifs (C(OH)–C–C–N with tert-alkyl or cyclic N) is 1. The van der Waals surface area contributed by atoms with Crippen molar-refractivity contribution in [3.63, 3.8) is 0 Å². The van der Waals surface area contributed by atoms with Crippen LogP contribution in [0.25, 0.3) is 0 Å². The molecule has 2 aromatic carbocycles. The summed E-state index contributed by atoms with van der Waals surface area (Å²) in [4.78, 5) is 52.9. The Hall–Kier alpha value is -3.34. The Kier molecular flexibility index (Phi) is 8.21. The predicted molar refractivity (Wildman–Crippen MR) is 149 cm³/mol. The van der Waals surface area contributed by atoms with Gasteiger partial charge in [0, 0.05) is 42.0 Å². The molecule has 2 aliphatic rings. The average Bonchev–Trinajstić information content (AvgIpc) is 3.18. The summed E-state index contributed by atoms with van der Waals surface area (Å²) in [6.07, 6.45) is 0.274. The van der Waals surface area contributed by atoms with Gasteiger partial charge in [-0.25, -0.2) is 5.06 Å². The van der Waals surface area contributed by atoms with Crippen molar-refractivity contribution in [2.75, 3.05) is 39.8 Å². The number of hydrogen-bond donors (Lipinski definition) is 1. The van der Waals surface area contributed by atoms with Crippen LogP contribution >= 0.6 is 23.2 Å². The van der Waals surface area contributed by atoms with E-state index in [0.717, 1.165) is 0 Å². The van der Waals surface area contributed by atoms with Gasteiger partial charge in [0.05, 0.1) is 18.1 Å². The minimum atomic E-state index is -1.46. The summed E-state index contributed by atoms with van der Waals surface area (Å²) in [5, 5.41) is 12.8. The second-order valence-electron chi connectivity index (χ2n) is 9.99. The molecular weight excluding hydrogens is 555 g/mol. The number of Topliss-reactive ketones (excluding diaryl/α,β-unsaturated/α-hetero) is 1. The van der Waals surface area contributed by atoms with Crippen molar-refractivity contribution in [2.24, 2.45) is 0 Å². The molecule has 0 spiro atoms. The third-order valence-corrected chi connectivity index (χ3v) is 7.77. The molecule has 2 amide bonds. The molecule has 0 bridgehead atoms. The molecule has 1 N–H and O–H groups in total. The van der Waals surface area contributed by atoms with Crippen molar-refractivity contribution in [2.45, 2.75) is 18.1 Å². The van der Waals surface area contributed by atoms with E-state index in [4.69, 9.17) is 28.0 Å². The SMILES string of the molecule is CN1CCN(CC(O)C(=O)CON2C(=O)c3ccccc3[C@@]2(Cc2ccc(Cl)cn2)c2ccc(Cl)cc2)C(=O)C1. The van der Waals surface area contributed by atoms with Crippen molar-refractivity contribution in [3.8, 4) is 0 Å². The number of likely N-dealkylation sites (N-methyl/N-ethyl adjacent to an activating group) is 1. The van der Waals surface area contributed by atoms with E-state index in [1.165, 1.54) is 16.2 Å². The number of aliphatic hydroxyl groups excluding tert-OH is 1. The lowest BCUT2D eigenvalue weighted by atomic mass is 9.79. The Labute approximate surface area is 241 Å². The number of halogens is 2. The molecule has 1 aromatic heterocycles. The molecule has 11 heteroatoms. The predicted octanol–water partition coefficient (Wildman–Crippen LogP) is 2.97. The standard InChI is InChI=1S/C29H28Cl2N4O5/c1-33-12-13-34(27(38)17-33)16-25(36)26(37)18-40-35-28(39)23-4-2-3-5-24(23)29(35,19-6-8-20(30)9-7-19)14-22-11-10-21(31)15-32-22/h2-11,15,25,36H,12-14,16-18H2,1H3/t25?,29-/m1/s1. The van der Waals surface area contributed by atoms with E-state index in [2.05, 4.69) is 4.98 Å². The Bertz CT molecular complexity index is 1420. The van der Waals surface area contributed by atoms with Gasteiger partial charge in [-0.15, -0.1) is 0 Å². The Balaban J connectivity index is 1.46. The summed E-state index contributed by atoms with van der Waals surface area (Å²) in [7, 11) is 1.84. The highest BCUT2D eigenvalue weighted by Crippen LogP contribution is 2.46. The fraction of sp³-hybridized carbons (Fsp3) is 0.310. The molecule has 5 rings (SSSR count). The molecule has 40 heavy (non-hydrogen) atoms. The molecule has 2 atom stereocenters. The number of nitrogens with zero attached hydrogens (tertiary/aromatic N) is 4. The maximum atomic E-state index is 13.8. The first kappa shape index (κ1) is 28.2. The van der Waals surface area contributed by atoms with Crippen LogP contribution in [-0.2, 0) is 26.4 Å². The van der Waals surface area contributed by atoms with Crippen LogP contribution < -0.4 is 0 Å². The summed E-state index contributed by atoms with van der Waals surface area (Å²) in [5.41, 5.74) is 1.23. The summed E-state index contributed by atoms with van der Waals surface area (Å²) < 4.78 is 0. The first-order chi connectivity index (χ1) is 19.2. The average molecular weight is 583 g/mol. The van der Waals surface area contributed by atoms with Gasteiger partial charge in [0.15, 0.2) is 5.78 Å². The van der Waals surface area contributed by atoms with Gasteiger partial charge in [-0.05, 0) is 48.5 Å². The summed E-state index contributed by atoms with van der Waals surface area (Å²) in [5.74, 6) is -1.25. The number of carbonyl (C=O) groups is 3. The maximum absolute atomic E-state index is 13.8.